The molecule has 2 N–H and O–H groups in total. The highest BCUT2D eigenvalue weighted by molar-refractivity contribution is 5.59. The van der Waals surface area contributed by atoms with Crippen LogP contribution >= 0.6 is 0 Å². The largest absolute Gasteiger partial charge is 0.394 e. The number of rotatable bonds is 5. The molecule has 1 saturated heterocycles. The Hall–Kier alpha value is -2.00. The van der Waals surface area contributed by atoms with Gasteiger partial charge in [0.2, 0.25) is 11.8 Å². The molecule has 2 rings (SSSR count). The van der Waals surface area contributed by atoms with Crippen molar-refractivity contribution in [1.29, 1.82) is 0 Å². The second-order valence-electron chi connectivity index (χ2n) is 4.29. The summed E-state index contributed by atoms with van der Waals surface area (Å²) in [6.07, 6.45) is 1.18. The summed E-state index contributed by atoms with van der Waals surface area (Å²) in [4.78, 5) is 20.4. The SMILES string of the molecule is CCNc1ncc([N+](=O)[O-])c(N2CCOCC2CO)n1. The van der Waals surface area contributed by atoms with Crippen LogP contribution in [0.1, 0.15) is 6.92 Å². The lowest BCUT2D eigenvalue weighted by molar-refractivity contribution is -0.384. The lowest BCUT2D eigenvalue weighted by Gasteiger charge is -2.34. The fourth-order valence-electron chi connectivity index (χ4n) is 2.03. The lowest BCUT2D eigenvalue weighted by atomic mass is 10.2. The Balaban J connectivity index is 2.39. The van der Waals surface area contributed by atoms with Gasteiger partial charge in [0.05, 0.1) is 30.8 Å². The quantitative estimate of drug-likeness (QED) is 0.574. The van der Waals surface area contributed by atoms with Gasteiger partial charge in [0, 0.05) is 13.1 Å². The Kier molecular flexibility index (Phi) is 4.64. The van der Waals surface area contributed by atoms with Crippen LogP contribution in [0.5, 0.6) is 0 Å². The summed E-state index contributed by atoms with van der Waals surface area (Å²) in [6, 6.07) is -0.341. The Bertz CT molecular complexity index is 484. The van der Waals surface area contributed by atoms with Crippen molar-refractivity contribution in [3.63, 3.8) is 0 Å². The Morgan fingerprint density at radius 2 is 2.50 bits per heavy atom. The van der Waals surface area contributed by atoms with E-state index in [1.165, 1.54) is 6.20 Å². The van der Waals surface area contributed by atoms with Gasteiger partial charge >= 0.3 is 5.69 Å². The fraction of sp³-hybridized carbons (Fsp3) is 0.636. The van der Waals surface area contributed by atoms with Crippen LogP contribution in [0.15, 0.2) is 6.20 Å². The number of anilines is 2. The number of nitro groups is 1. The maximum absolute atomic E-state index is 11.1. The number of ether oxygens (including phenoxy) is 1. The van der Waals surface area contributed by atoms with Crippen LogP contribution in [0.25, 0.3) is 0 Å². The van der Waals surface area contributed by atoms with Crippen molar-refractivity contribution in [2.24, 2.45) is 0 Å². The van der Waals surface area contributed by atoms with Crippen molar-refractivity contribution >= 4 is 17.5 Å². The molecular formula is C11H17N5O4. The van der Waals surface area contributed by atoms with Gasteiger partial charge in [-0.1, -0.05) is 0 Å². The van der Waals surface area contributed by atoms with Crippen molar-refractivity contribution in [1.82, 2.24) is 9.97 Å². The third-order valence-electron chi connectivity index (χ3n) is 2.99. The van der Waals surface area contributed by atoms with Gasteiger partial charge in [-0.15, -0.1) is 0 Å². The zero-order valence-corrected chi connectivity index (χ0v) is 11.2. The molecule has 1 fully saturated rings. The van der Waals surface area contributed by atoms with Gasteiger partial charge in [-0.05, 0) is 6.92 Å². The molecule has 9 heteroatoms. The van der Waals surface area contributed by atoms with Crippen LogP contribution < -0.4 is 10.2 Å². The summed E-state index contributed by atoms with van der Waals surface area (Å²) in [5, 5.41) is 23.4. The molecule has 20 heavy (non-hydrogen) atoms. The van der Waals surface area contributed by atoms with Gasteiger partial charge in [-0.2, -0.15) is 4.98 Å². The molecule has 1 aliphatic rings. The van der Waals surface area contributed by atoms with E-state index in [1.54, 1.807) is 4.90 Å². The summed E-state index contributed by atoms with van der Waals surface area (Å²) < 4.78 is 5.27. The number of aliphatic hydroxyl groups is 1. The highest BCUT2D eigenvalue weighted by Gasteiger charge is 2.30. The topological polar surface area (TPSA) is 114 Å². The zero-order chi connectivity index (χ0) is 14.5. The molecule has 1 aromatic rings. The minimum absolute atomic E-state index is 0.155. The molecule has 1 atom stereocenters. The molecule has 1 aliphatic heterocycles. The third-order valence-corrected chi connectivity index (χ3v) is 2.99. The molecule has 1 unspecified atom stereocenters. The van der Waals surface area contributed by atoms with E-state index in [1.807, 2.05) is 6.92 Å². The Morgan fingerprint density at radius 3 is 3.15 bits per heavy atom. The number of hydrogen-bond acceptors (Lipinski definition) is 8. The maximum atomic E-state index is 11.1. The smallest absolute Gasteiger partial charge is 0.329 e. The Morgan fingerprint density at radius 1 is 1.70 bits per heavy atom. The van der Waals surface area contributed by atoms with Crippen molar-refractivity contribution in [2.45, 2.75) is 13.0 Å². The summed E-state index contributed by atoms with van der Waals surface area (Å²) in [7, 11) is 0. The maximum Gasteiger partial charge on any atom is 0.329 e. The van der Waals surface area contributed by atoms with Crippen molar-refractivity contribution in [3.8, 4) is 0 Å². The number of aromatic nitrogens is 2. The summed E-state index contributed by atoms with van der Waals surface area (Å²) in [6.45, 7) is 3.54. The number of morpholine rings is 1. The summed E-state index contributed by atoms with van der Waals surface area (Å²) in [5.74, 6) is 0.541. The van der Waals surface area contributed by atoms with Crippen LogP contribution in [0.4, 0.5) is 17.5 Å². The Labute approximate surface area is 115 Å². The molecule has 0 bridgehead atoms. The predicted molar refractivity (Wildman–Crippen MR) is 71.9 cm³/mol. The molecule has 1 aromatic heterocycles. The zero-order valence-electron chi connectivity index (χ0n) is 11.2. The van der Waals surface area contributed by atoms with Crippen LogP contribution in [-0.4, -0.2) is 58.9 Å². The van der Waals surface area contributed by atoms with Gasteiger partial charge in [0.1, 0.15) is 6.20 Å². The second-order valence-corrected chi connectivity index (χ2v) is 4.29. The number of hydrogen-bond donors (Lipinski definition) is 2. The van der Waals surface area contributed by atoms with Crippen molar-refractivity contribution in [2.75, 3.05) is 43.1 Å². The van der Waals surface area contributed by atoms with E-state index < -0.39 is 4.92 Å². The van der Waals surface area contributed by atoms with E-state index in [2.05, 4.69) is 15.3 Å². The standard InChI is InChI=1S/C11H17N5O4/c1-2-12-11-13-5-9(16(18)19)10(14-11)15-3-4-20-7-8(15)6-17/h5,8,17H,2-4,6-7H2,1H3,(H,12,13,14). The summed E-state index contributed by atoms with van der Waals surface area (Å²) >= 11 is 0. The molecule has 0 spiro atoms. The van der Waals surface area contributed by atoms with Crippen LogP contribution in [0, 0.1) is 10.1 Å². The van der Waals surface area contributed by atoms with Gasteiger partial charge in [-0.3, -0.25) is 10.1 Å². The van der Waals surface area contributed by atoms with E-state index in [4.69, 9.17) is 4.74 Å². The van der Waals surface area contributed by atoms with Crippen LogP contribution in [0.3, 0.4) is 0 Å². The van der Waals surface area contributed by atoms with Gasteiger partial charge in [0.25, 0.3) is 0 Å². The van der Waals surface area contributed by atoms with Crippen LogP contribution in [0.2, 0.25) is 0 Å². The average Bonchev–Trinajstić information content (AvgIpc) is 2.47. The third kappa shape index (κ3) is 2.94. The van der Waals surface area contributed by atoms with Gasteiger partial charge in [-0.25, -0.2) is 4.98 Å². The normalized spacial score (nSPS) is 18.9. The lowest BCUT2D eigenvalue weighted by Crippen LogP contribution is -2.48. The highest BCUT2D eigenvalue weighted by atomic mass is 16.6. The number of nitrogens with zero attached hydrogens (tertiary/aromatic N) is 4. The monoisotopic (exact) mass is 283 g/mol. The first-order chi connectivity index (χ1) is 9.67. The van der Waals surface area contributed by atoms with Crippen molar-refractivity contribution < 1.29 is 14.8 Å². The second kappa shape index (κ2) is 6.44. The fourth-order valence-corrected chi connectivity index (χ4v) is 2.03. The van der Waals surface area contributed by atoms with E-state index in [0.29, 0.717) is 32.3 Å². The molecule has 0 aliphatic carbocycles. The molecule has 110 valence electrons. The molecular weight excluding hydrogens is 266 g/mol. The first-order valence-electron chi connectivity index (χ1n) is 6.38. The van der Waals surface area contributed by atoms with E-state index in [0.717, 1.165) is 0 Å². The molecule has 0 saturated carbocycles. The molecule has 2 heterocycles. The number of aliphatic hydroxyl groups excluding tert-OH is 1. The predicted octanol–water partition coefficient (Wildman–Crippen LogP) is 0.0141. The molecule has 0 radical (unpaired) electrons. The summed E-state index contributed by atoms with van der Waals surface area (Å²) in [5.41, 5.74) is -0.174. The van der Waals surface area contributed by atoms with E-state index in [-0.39, 0.29) is 24.2 Å². The first kappa shape index (κ1) is 14.4. The van der Waals surface area contributed by atoms with Gasteiger partial charge < -0.3 is 20.1 Å². The molecule has 9 nitrogen and oxygen atoms in total. The van der Waals surface area contributed by atoms with Crippen molar-refractivity contribution in [3.05, 3.63) is 16.3 Å². The van der Waals surface area contributed by atoms with Gasteiger partial charge in [0.15, 0.2) is 0 Å². The van der Waals surface area contributed by atoms with Crippen LogP contribution in [-0.2, 0) is 4.74 Å². The van der Waals surface area contributed by atoms with E-state index >= 15 is 0 Å². The minimum Gasteiger partial charge on any atom is -0.394 e. The average molecular weight is 283 g/mol. The molecule has 0 aromatic carbocycles. The first-order valence-corrected chi connectivity index (χ1v) is 6.38. The number of nitrogens with one attached hydrogen (secondary N) is 1. The highest BCUT2D eigenvalue weighted by Crippen LogP contribution is 2.28. The minimum atomic E-state index is -0.519. The molecule has 0 amide bonds. The van der Waals surface area contributed by atoms with E-state index in [9.17, 15) is 15.2 Å².